The Labute approximate surface area is 149 Å². The molecule has 2 aromatic rings. The number of anilines is 1. The van der Waals surface area contributed by atoms with E-state index in [1.54, 1.807) is 29.2 Å². The molecule has 0 spiro atoms. The van der Waals surface area contributed by atoms with Gasteiger partial charge in [-0.3, -0.25) is 14.4 Å². The Morgan fingerprint density at radius 2 is 1.96 bits per heavy atom. The molecule has 0 aliphatic carbocycles. The van der Waals surface area contributed by atoms with E-state index in [9.17, 15) is 14.4 Å². The predicted molar refractivity (Wildman–Crippen MR) is 95.6 cm³/mol. The molecule has 0 bridgehead atoms. The van der Waals surface area contributed by atoms with Crippen molar-refractivity contribution >= 4 is 34.7 Å². The zero-order valence-corrected chi connectivity index (χ0v) is 14.5. The van der Waals surface area contributed by atoms with Crippen LogP contribution in [0.3, 0.4) is 0 Å². The highest BCUT2D eigenvalue weighted by atomic mass is 32.1. The molecule has 0 saturated carbocycles. The summed E-state index contributed by atoms with van der Waals surface area (Å²) in [5.41, 5.74) is 0.841. The van der Waals surface area contributed by atoms with Crippen LogP contribution in [0.1, 0.15) is 34.5 Å². The maximum absolute atomic E-state index is 13.2. The van der Waals surface area contributed by atoms with Gasteiger partial charge in [0, 0.05) is 11.4 Å². The molecule has 1 aromatic carbocycles. The van der Waals surface area contributed by atoms with E-state index in [0.29, 0.717) is 24.2 Å². The Morgan fingerprint density at radius 1 is 1.12 bits per heavy atom. The number of thiophene rings is 1. The SMILES string of the molecule is O=C(Cc1cccs1)N1C(=O)[C@H]2CCCCN2C(=O)c2ccccc21. The van der Waals surface area contributed by atoms with E-state index in [2.05, 4.69) is 0 Å². The molecule has 3 heterocycles. The lowest BCUT2D eigenvalue weighted by Crippen LogP contribution is -2.52. The summed E-state index contributed by atoms with van der Waals surface area (Å²) in [5, 5.41) is 1.91. The molecule has 1 atom stereocenters. The molecule has 0 radical (unpaired) electrons. The van der Waals surface area contributed by atoms with Gasteiger partial charge in [-0.05, 0) is 42.8 Å². The maximum Gasteiger partial charge on any atom is 0.256 e. The first-order chi connectivity index (χ1) is 12.2. The van der Waals surface area contributed by atoms with Crippen LogP contribution in [-0.2, 0) is 16.0 Å². The molecule has 1 saturated heterocycles. The average Bonchev–Trinajstić information content (AvgIpc) is 3.11. The molecular weight excluding hydrogens is 336 g/mol. The van der Waals surface area contributed by atoms with Crippen molar-refractivity contribution in [2.24, 2.45) is 0 Å². The quantitative estimate of drug-likeness (QED) is 0.833. The number of hydrogen-bond acceptors (Lipinski definition) is 4. The second-order valence-electron chi connectivity index (χ2n) is 6.35. The molecule has 0 N–H and O–H groups in total. The van der Waals surface area contributed by atoms with Crippen molar-refractivity contribution in [2.45, 2.75) is 31.7 Å². The van der Waals surface area contributed by atoms with Crippen LogP contribution >= 0.6 is 11.3 Å². The Morgan fingerprint density at radius 3 is 2.76 bits per heavy atom. The third kappa shape index (κ3) is 2.76. The number of piperidine rings is 1. The largest absolute Gasteiger partial charge is 0.327 e. The van der Waals surface area contributed by atoms with Gasteiger partial charge in [0.1, 0.15) is 6.04 Å². The van der Waals surface area contributed by atoms with Crippen molar-refractivity contribution in [1.82, 2.24) is 4.90 Å². The van der Waals surface area contributed by atoms with Gasteiger partial charge < -0.3 is 4.90 Å². The van der Waals surface area contributed by atoms with Crippen molar-refractivity contribution in [1.29, 1.82) is 0 Å². The molecule has 128 valence electrons. The molecule has 2 aliphatic rings. The molecular formula is C19H18N2O3S. The Kier molecular flexibility index (Phi) is 4.13. The van der Waals surface area contributed by atoms with Gasteiger partial charge in [-0.2, -0.15) is 0 Å². The average molecular weight is 354 g/mol. The van der Waals surface area contributed by atoms with Crippen LogP contribution in [-0.4, -0.2) is 35.2 Å². The first-order valence-corrected chi connectivity index (χ1v) is 9.34. The molecule has 0 unspecified atom stereocenters. The highest BCUT2D eigenvalue weighted by molar-refractivity contribution is 7.10. The lowest BCUT2D eigenvalue weighted by molar-refractivity contribution is -0.129. The summed E-state index contributed by atoms with van der Waals surface area (Å²) < 4.78 is 0. The summed E-state index contributed by atoms with van der Waals surface area (Å²) in [6.07, 6.45) is 2.56. The number of carbonyl (C=O) groups excluding carboxylic acids is 3. The monoisotopic (exact) mass is 354 g/mol. The van der Waals surface area contributed by atoms with E-state index in [-0.39, 0.29) is 24.1 Å². The topological polar surface area (TPSA) is 57.7 Å². The second-order valence-corrected chi connectivity index (χ2v) is 7.38. The molecule has 3 amide bonds. The summed E-state index contributed by atoms with van der Waals surface area (Å²) in [4.78, 5) is 42.9. The van der Waals surface area contributed by atoms with Crippen LogP contribution in [0.25, 0.3) is 0 Å². The smallest absolute Gasteiger partial charge is 0.256 e. The van der Waals surface area contributed by atoms with E-state index >= 15 is 0 Å². The van der Waals surface area contributed by atoms with Gasteiger partial charge in [0.15, 0.2) is 0 Å². The number of fused-ring (bicyclic) bond motifs is 2. The zero-order chi connectivity index (χ0) is 17.4. The summed E-state index contributed by atoms with van der Waals surface area (Å²) in [6, 6.07) is 10.2. The van der Waals surface area contributed by atoms with Crippen LogP contribution in [0.5, 0.6) is 0 Å². The predicted octanol–water partition coefficient (Wildman–Crippen LogP) is 2.86. The molecule has 1 aromatic heterocycles. The molecule has 25 heavy (non-hydrogen) atoms. The van der Waals surface area contributed by atoms with Gasteiger partial charge >= 0.3 is 0 Å². The Bertz CT molecular complexity index is 831. The van der Waals surface area contributed by atoms with E-state index in [0.717, 1.165) is 17.7 Å². The summed E-state index contributed by atoms with van der Waals surface area (Å²) in [5.74, 6) is -0.709. The molecule has 5 nitrogen and oxygen atoms in total. The third-order valence-electron chi connectivity index (χ3n) is 4.80. The number of carbonyl (C=O) groups is 3. The van der Waals surface area contributed by atoms with Gasteiger partial charge in [0.25, 0.3) is 11.8 Å². The Hall–Kier alpha value is -2.47. The minimum atomic E-state index is -0.541. The first-order valence-electron chi connectivity index (χ1n) is 8.46. The minimum Gasteiger partial charge on any atom is -0.327 e. The van der Waals surface area contributed by atoms with E-state index in [1.165, 1.54) is 16.2 Å². The summed E-state index contributed by atoms with van der Waals surface area (Å²) >= 11 is 1.49. The van der Waals surface area contributed by atoms with E-state index < -0.39 is 6.04 Å². The van der Waals surface area contributed by atoms with Crippen LogP contribution in [0.4, 0.5) is 5.69 Å². The lowest BCUT2D eigenvalue weighted by atomic mass is 10.0. The number of hydrogen-bond donors (Lipinski definition) is 0. The second kappa shape index (κ2) is 6.44. The van der Waals surface area contributed by atoms with Gasteiger partial charge in [-0.1, -0.05) is 18.2 Å². The zero-order valence-electron chi connectivity index (χ0n) is 13.7. The van der Waals surface area contributed by atoms with Gasteiger partial charge in [0.2, 0.25) is 5.91 Å². The fourth-order valence-corrected chi connectivity index (χ4v) is 4.30. The van der Waals surface area contributed by atoms with Crippen molar-refractivity contribution in [3.8, 4) is 0 Å². The van der Waals surface area contributed by atoms with Crippen LogP contribution in [0.2, 0.25) is 0 Å². The minimum absolute atomic E-state index is 0.153. The van der Waals surface area contributed by atoms with Gasteiger partial charge in [0.05, 0.1) is 17.7 Å². The number of amides is 3. The van der Waals surface area contributed by atoms with Crippen LogP contribution in [0.15, 0.2) is 41.8 Å². The normalized spacial score (nSPS) is 20.1. The summed E-state index contributed by atoms with van der Waals surface area (Å²) in [6.45, 7) is 0.566. The third-order valence-corrected chi connectivity index (χ3v) is 5.68. The van der Waals surface area contributed by atoms with E-state index in [1.807, 2.05) is 17.5 Å². The van der Waals surface area contributed by atoms with Crippen LogP contribution in [0, 0.1) is 0 Å². The van der Waals surface area contributed by atoms with E-state index in [4.69, 9.17) is 0 Å². The standard InChI is InChI=1S/C19H18N2O3S/c22-17(12-13-6-5-11-25-13)21-15-8-2-1-7-14(15)18(23)20-10-4-3-9-16(20)19(21)24/h1-2,5-8,11,16H,3-4,9-10,12H2/t16-/m1/s1. The van der Waals surface area contributed by atoms with Gasteiger partial charge in [-0.25, -0.2) is 4.90 Å². The van der Waals surface area contributed by atoms with Crippen molar-refractivity contribution in [2.75, 3.05) is 11.4 Å². The number of rotatable bonds is 2. The molecule has 2 aliphatic heterocycles. The number of nitrogens with zero attached hydrogens (tertiary/aromatic N) is 2. The fraction of sp³-hybridized carbons (Fsp3) is 0.316. The first kappa shape index (κ1) is 16.0. The number of benzene rings is 1. The van der Waals surface area contributed by atoms with Crippen molar-refractivity contribution in [3.63, 3.8) is 0 Å². The maximum atomic E-state index is 13.2. The number of para-hydroxylation sites is 1. The molecule has 4 rings (SSSR count). The number of imide groups is 1. The molecule has 1 fully saturated rings. The van der Waals surface area contributed by atoms with Crippen molar-refractivity contribution in [3.05, 3.63) is 52.2 Å². The van der Waals surface area contributed by atoms with Crippen LogP contribution < -0.4 is 4.90 Å². The highest BCUT2D eigenvalue weighted by Gasteiger charge is 2.42. The van der Waals surface area contributed by atoms with Crippen molar-refractivity contribution < 1.29 is 14.4 Å². The fourth-order valence-electron chi connectivity index (χ4n) is 3.60. The highest BCUT2D eigenvalue weighted by Crippen LogP contribution is 2.32. The lowest BCUT2D eigenvalue weighted by Gasteiger charge is -2.34. The Balaban J connectivity index is 1.78. The van der Waals surface area contributed by atoms with Gasteiger partial charge in [-0.15, -0.1) is 11.3 Å². The molecule has 6 heteroatoms. The summed E-state index contributed by atoms with van der Waals surface area (Å²) in [7, 11) is 0.